The molecule has 2 heterocycles. The van der Waals surface area contributed by atoms with Crippen LogP contribution in [0.2, 0.25) is 0 Å². The molecule has 5 heteroatoms. The van der Waals surface area contributed by atoms with Crippen LogP contribution in [0.5, 0.6) is 5.88 Å². The molecule has 1 saturated heterocycles. The van der Waals surface area contributed by atoms with E-state index in [4.69, 9.17) is 9.47 Å². The number of ether oxygens (including phenoxy) is 2. The lowest BCUT2D eigenvalue weighted by Gasteiger charge is -2.11. The monoisotopic (exact) mass is 298 g/mol. The second kappa shape index (κ2) is 6.58. The van der Waals surface area contributed by atoms with E-state index in [0.717, 1.165) is 17.7 Å². The molecule has 2 aromatic rings. The van der Waals surface area contributed by atoms with Crippen molar-refractivity contribution in [3.05, 3.63) is 53.7 Å². The van der Waals surface area contributed by atoms with Gasteiger partial charge in [0.25, 0.3) is 5.91 Å². The van der Waals surface area contributed by atoms with Crippen LogP contribution in [-0.4, -0.2) is 30.2 Å². The molecule has 1 unspecified atom stereocenters. The zero-order valence-electron chi connectivity index (χ0n) is 12.4. The number of aryl methyl sites for hydroxylation is 1. The van der Waals surface area contributed by atoms with Crippen LogP contribution in [0, 0.1) is 6.92 Å². The molecule has 1 N–H and O–H groups in total. The number of benzene rings is 1. The number of nitrogens with zero attached hydrogens (tertiary/aromatic N) is 1. The largest absolute Gasteiger partial charge is 0.472 e. The van der Waals surface area contributed by atoms with Gasteiger partial charge in [-0.25, -0.2) is 4.98 Å². The van der Waals surface area contributed by atoms with Crippen molar-refractivity contribution in [2.45, 2.75) is 19.4 Å². The van der Waals surface area contributed by atoms with Crippen LogP contribution in [0.4, 0.5) is 5.69 Å². The molecule has 1 fully saturated rings. The van der Waals surface area contributed by atoms with E-state index in [2.05, 4.69) is 10.3 Å². The summed E-state index contributed by atoms with van der Waals surface area (Å²) in [6.45, 7) is 3.26. The first kappa shape index (κ1) is 14.5. The minimum absolute atomic E-state index is 0.0163. The lowest BCUT2D eigenvalue weighted by molar-refractivity contribution is 0.102. The number of nitrogens with one attached hydrogen (secondary N) is 1. The van der Waals surface area contributed by atoms with Gasteiger partial charge in [0.2, 0.25) is 5.88 Å². The average Bonchev–Trinajstić information content (AvgIpc) is 3.00. The van der Waals surface area contributed by atoms with E-state index in [-0.39, 0.29) is 12.0 Å². The summed E-state index contributed by atoms with van der Waals surface area (Å²) in [4.78, 5) is 16.4. The summed E-state index contributed by atoms with van der Waals surface area (Å²) in [5.41, 5.74) is 2.39. The highest BCUT2D eigenvalue weighted by atomic mass is 16.5. The maximum Gasteiger partial charge on any atom is 0.255 e. The minimum atomic E-state index is -0.180. The summed E-state index contributed by atoms with van der Waals surface area (Å²) in [6, 6.07) is 11.0. The van der Waals surface area contributed by atoms with Crippen LogP contribution in [0.25, 0.3) is 0 Å². The first-order valence-corrected chi connectivity index (χ1v) is 7.29. The van der Waals surface area contributed by atoms with Crippen molar-refractivity contribution in [1.82, 2.24) is 4.98 Å². The number of hydrogen-bond donors (Lipinski definition) is 1. The van der Waals surface area contributed by atoms with Crippen molar-refractivity contribution in [1.29, 1.82) is 0 Å². The van der Waals surface area contributed by atoms with Crippen molar-refractivity contribution >= 4 is 11.6 Å². The molecule has 1 aliphatic heterocycles. The third-order valence-electron chi connectivity index (χ3n) is 3.45. The van der Waals surface area contributed by atoms with E-state index >= 15 is 0 Å². The predicted molar refractivity (Wildman–Crippen MR) is 83.2 cm³/mol. The van der Waals surface area contributed by atoms with Gasteiger partial charge in [0.1, 0.15) is 6.10 Å². The number of rotatable bonds is 4. The fourth-order valence-electron chi connectivity index (χ4n) is 2.32. The fraction of sp³-hybridized carbons (Fsp3) is 0.294. The van der Waals surface area contributed by atoms with Gasteiger partial charge in [-0.05, 0) is 30.7 Å². The minimum Gasteiger partial charge on any atom is -0.472 e. The van der Waals surface area contributed by atoms with E-state index in [0.29, 0.717) is 24.7 Å². The lowest BCUT2D eigenvalue weighted by atomic mass is 10.2. The zero-order valence-corrected chi connectivity index (χ0v) is 12.4. The quantitative estimate of drug-likeness (QED) is 0.943. The number of pyridine rings is 1. The smallest absolute Gasteiger partial charge is 0.255 e. The molecular formula is C17H18N2O3. The lowest BCUT2D eigenvalue weighted by Crippen LogP contribution is -2.17. The number of hydrogen-bond acceptors (Lipinski definition) is 4. The van der Waals surface area contributed by atoms with Crippen molar-refractivity contribution in [3.63, 3.8) is 0 Å². The molecule has 114 valence electrons. The first-order chi connectivity index (χ1) is 10.7. The summed E-state index contributed by atoms with van der Waals surface area (Å²) in [5.74, 6) is 0.271. The fourth-order valence-corrected chi connectivity index (χ4v) is 2.32. The number of carbonyl (C=O) groups excluding carboxylic acids is 1. The number of amides is 1. The Hall–Kier alpha value is -2.40. The standard InChI is InChI=1S/C17H18N2O3/c1-12-3-2-4-14(9-12)19-17(20)13-5-7-18-16(10-13)22-15-6-8-21-11-15/h2-5,7,9-10,15H,6,8,11H2,1H3,(H,19,20). The predicted octanol–water partition coefficient (Wildman–Crippen LogP) is 2.81. The third kappa shape index (κ3) is 3.62. The Morgan fingerprint density at radius 1 is 1.36 bits per heavy atom. The number of carbonyl (C=O) groups is 1. The van der Waals surface area contributed by atoms with E-state index in [9.17, 15) is 4.79 Å². The molecule has 1 aromatic heterocycles. The Kier molecular flexibility index (Phi) is 4.34. The van der Waals surface area contributed by atoms with Gasteiger partial charge in [-0.3, -0.25) is 4.79 Å². The van der Waals surface area contributed by atoms with Gasteiger partial charge >= 0.3 is 0 Å². The van der Waals surface area contributed by atoms with Crippen LogP contribution < -0.4 is 10.1 Å². The summed E-state index contributed by atoms with van der Waals surface area (Å²) in [5, 5.41) is 2.87. The van der Waals surface area contributed by atoms with Gasteiger partial charge in [0.05, 0.1) is 13.2 Å². The van der Waals surface area contributed by atoms with Gasteiger partial charge in [0, 0.05) is 29.9 Å². The van der Waals surface area contributed by atoms with Crippen molar-refractivity contribution < 1.29 is 14.3 Å². The van der Waals surface area contributed by atoms with Crippen molar-refractivity contribution in [2.75, 3.05) is 18.5 Å². The van der Waals surface area contributed by atoms with Gasteiger partial charge in [-0.2, -0.15) is 0 Å². The topological polar surface area (TPSA) is 60.5 Å². The van der Waals surface area contributed by atoms with Gasteiger partial charge in [0.15, 0.2) is 0 Å². The van der Waals surface area contributed by atoms with Gasteiger partial charge in [-0.1, -0.05) is 12.1 Å². The van der Waals surface area contributed by atoms with E-state index in [1.54, 1.807) is 18.3 Å². The molecule has 1 amide bonds. The van der Waals surface area contributed by atoms with Crippen LogP contribution in [0.1, 0.15) is 22.3 Å². The molecule has 5 nitrogen and oxygen atoms in total. The first-order valence-electron chi connectivity index (χ1n) is 7.29. The van der Waals surface area contributed by atoms with Crippen molar-refractivity contribution in [3.8, 4) is 5.88 Å². The number of anilines is 1. The average molecular weight is 298 g/mol. The second-order valence-electron chi connectivity index (χ2n) is 5.31. The second-order valence-corrected chi connectivity index (χ2v) is 5.31. The van der Waals surface area contributed by atoms with Crippen LogP contribution >= 0.6 is 0 Å². The van der Waals surface area contributed by atoms with E-state index < -0.39 is 0 Å². The zero-order chi connectivity index (χ0) is 15.4. The third-order valence-corrected chi connectivity index (χ3v) is 3.45. The van der Waals surface area contributed by atoms with Crippen LogP contribution in [0.15, 0.2) is 42.6 Å². The highest BCUT2D eigenvalue weighted by Crippen LogP contribution is 2.17. The summed E-state index contributed by atoms with van der Waals surface area (Å²) < 4.78 is 11.0. The molecule has 0 radical (unpaired) electrons. The van der Waals surface area contributed by atoms with Gasteiger partial charge in [-0.15, -0.1) is 0 Å². The molecule has 3 rings (SSSR count). The molecular weight excluding hydrogens is 280 g/mol. The molecule has 1 atom stereocenters. The Labute approximate surface area is 129 Å². The Bertz CT molecular complexity index is 666. The Morgan fingerprint density at radius 3 is 3.05 bits per heavy atom. The Morgan fingerprint density at radius 2 is 2.27 bits per heavy atom. The number of aromatic nitrogens is 1. The van der Waals surface area contributed by atoms with Crippen LogP contribution in [0.3, 0.4) is 0 Å². The summed E-state index contributed by atoms with van der Waals surface area (Å²) in [6.07, 6.45) is 2.44. The molecule has 0 aliphatic carbocycles. The molecule has 0 spiro atoms. The molecule has 0 saturated carbocycles. The van der Waals surface area contributed by atoms with E-state index in [1.165, 1.54) is 0 Å². The molecule has 1 aromatic carbocycles. The highest BCUT2D eigenvalue weighted by molar-refractivity contribution is 6.04. The van der Waals surface area contributed by atoms with E-state index in [1.807, 2.05) is 31.2 Å². The molecule has 1 aliphatic rings. The maximum atomic E-state index is 12.3. The Balaban J connectivity index is 1.69. The summed E-state index contributed by atoms with van der Waals surface area (Å²) >= 11 is 0. The van der Waals surface area contributed by atoms with Gasteiger partial charge < -0.3 is 14.8 Å². The molecule has 0 bridgehead atoms. The SMILES string of the molecule is Cc1cccc(NC(=O)c2ccnc(OC3CCOC3)c2)c1. The molecule has 22 heavy (non-hydrogen) atoms. The van der Waals surface area contributed by atoms with Crippen LogP contribution in [-0.2, 0) is 4.74 Å². The normalized spacial score (nSPS) is 17.2. The maximum absolute atomic E-state index is 12.3. The summed E-state index contributed by atoms with van der Waals surface area (Å²) in [7, 11) is 0. The van der Waals surface area contributed by atoms with Crippen molar-refractivity contribution in [2.24, 2.45) is 0 Å². The highest BCUT2D eigenvalue weighted by Gasteiger charge is 2.18.